The molecule has 1 saturated heterocycles. The summed E-state index contributed by atoms with van der Waals surface area (Å²) in [4.78, 5) is 14.2. The zero-order valence-electron chi connectivity index (χ0n) is 15.8. The van der Waals surface area contributed by atoms with Crippen LogP contribution in [0.2, 0.25) is 0 Å². The Morgan fingerprint density at radius 2 is 1.72 bits per heavy atom. The predicted molar refractivity (Wildman–Crippen MR) is 112 cm³/mol. The van der Waals surface area contributed by atoms with Crippen molar-refractivity contribution in [2.24, 2.45) is 0 Å². The first kappa shape index (κ1) is 21.1. The summed E-state index contributed by atoms with van der Waals surface area (Å²) >= 11 is 5.18. The minimum Gasteiger partial charge on any atom is -0.370 e. The van der Waals surface area contributed by atoms with Gasteiger partial charge in [0.15, 0.2) is 5.11 Å². The smallest absolute Gasteiger partial charge is 0.370 e. The van der Waals surface area contributed by atoms with Crippen LogP contribution in [0.1, 0.15) is 30.4 Å². The third-order valence-corrected chi connectivity index (χ3v) is 4.93. The molecule has 0 spiro atoms. The predicted octanol–water partition coefficient (Wildman–Crippen LogP) is 4.75. The summed E-state index contributed by atoms with van der Waals surface area (Å²) in [6.07, 6.45) is -1.26. The van der Waals surface area contributed by atoms with Gasteiger partial charge in [0.05, 0.1) is 23.4 Å². The van der Waals surface area contributed by atoms with Gasteiger partial charge in [-0.2, -0.15) is 13.2 Å². The quantitative estimate of drug-likeness (QED) is 0.700. The van der Waals surface area contributed by atoms with Crippen molar-refractivity contribution in [3.63, 3.8) is 0 Å². The number of benzene rings is 2. The highest BCUT2D eigenvalue weighted by atomic mass is 32.1. The number of anilines is 2. The lowest BCUT2D eigenvalue weighted by Crippen LogP contribution is -2.36. The molecule has 0 bridgehead atoms. The summed E-state index contributed by atoms with van der Waals surface area (Å²) in [5.41, 5.74) is 0.948. The molecule has 1 fully saturated rings. The topological polar surface area (TPSA) is 44.4 Å². The van der Waals surface area contributed by atoms with E-state index in [1.165, 1.54) is 6.07 Å². The van der Waals surface area contributed by atoms with Crippen LogP contribution in [0, 0.1) is 0 Å². The number of nitrogens with one attached hydrogen (secondary N) is 2. The molecule has 8 heteroatoms. The number of rotatable bonds is 4. The molecule has 2 N–H and O–H groups in total. The Bertz CT molecular complexity index is 865. The Balaban J connectivity index is 1.74. The van der Waals surface area contributed by atoms with Crippen molar-refractivity contribution >= 4 is 34.6 Å². The number of carbonyl (C=O) groups is 1. The van der Waals surface area contributed by atoms with E-state index in [4.69, 9.17) is 12.2 Å². The lowest BCUT2D eigenvalue weighted by atomic mass is 10.1. The molecule has 0 atom stereocenters. The second-order valence-corrected chi connectivity index (χ2v) is 7.35. The molecule has 1 heterocycles. The second kappa shape index (κ2) is 9.26. The Hall–Kier alpha value is -2.61. The molecule has 154 valence electrons. The highest BCUT2D eigenvalue weighted by Crippen LogP contribution is 2.36. The van der Waals surface area contributed by atoms with E-state index in [1.54, 1.807) is 0 Å². The summed E-state index contributed by atoms with van der Waals surface area (Å²) < 4.78 is 39.6. The summed E-state index contributed by atoms with van der Waals surface area (Å²) in [5, 5.41) is 5.32. The lowest BCUT2D eigenvalue weighted by Gasteiger charge is -2.31. The van der Waals surface area contributed by atoms with Gasteiger partial charge in [-0.1, -0.05) is 30.3 Å². The first-order valence-electron chi connectivity index (χ1n) is 9.44. The third kappa shape index (κ3) is 5.93. The number of hydrogen-bond acceptors (Lipinski definition) is 3. The van der Waals surface area contributed by atoms with E-state index in [2.05, 4.69) is 10.6 Å². The van der Waals surface area contributed by atoms with Crippen molar-refractivity contribution in [2.75, 3.05) is 23.3 Å². The van der Waals surface area contributed by atoms with Crippen LogP contribution in [0.4, 0.5) is 24.5 Å². The standard InChI is InChI=1S/C21H22F3N3OS/c22-21(23,24)16-9-10-18(27-11-5-2-6-12-27)17(14-16)25-20(29)26-19(28)13-15-7-3-1-4-8-15/h1,3-4,7-10,14H,2,5-6,11-13H2,(H2,25,26,28,29). The maximum absolute atomic E-state index is 13.2. The molecule has 1 aliphatic rings. The molecule has 29 heavy (non-hydrogen) atoms. The van der Waals surface area contributed by atoms with E-state index in [-0.39, 0.29) is 23.1 Å². The number of halogens is 3. The van der Waals surface area contributed by atoms with Crippen LogP contribution < -0.4 is 15.5 Å². The number of piperidine rings is 1. The Morgan fingerprint density at radius 1 is 1.03 bits per heavy atom. The van der Waals surface area contributed by atoms with Crippen LogP contribution in [0.15, 0.2) is 48.5 Å². The Labute approximate surface area is 173 Å². The van der Waals surface area contributed by atoms with Crippen molar-refractivity contribution in [1.82, 2.24) is 5.32 Å². The maximum atomic E-state index is 13.2. The zero-order valence-corrected chi connectivity index (χ0v) is 16.6. The van der Waals surface area contributed by atoms with Gasteiger partial charge >= 0.3 is 6.18 Å². The SMILES string of the molecule is O=C(Cc1ccccc1)NC(=S)Nc1cc(C(F)(F)F)ccc1N1CCCCC1. The van der Waals surface area contributed by atoms with Gasteiger partial charge in [-0.05, 0) is 55.2 Å². The van der Waals surface area contributed by atoms with Crippen molar-refractivity contribution < 1.29 is 18.0 Å². The normalized spacial score (nSPS) is 14.4. The van der Waals surface area contributed by atoms with Crippen molar-refractivity contribution in [1.29, 1.82) is 0 Å². The first-order valence-corrected chi connectivity index (χ1v) is 9.85. The molecule has 1 aliphatic heterocycles. The molecular weight excluding hydrogens is 399 g/mol. The van der Waals surface area contributed by atoms with Crippen LogP contribution in [0.3, 0.4) is 0 Å². The first-order chi connectivity index (χ1) is 13.8. The van der Waals surface area contributed by atoms with Gasteiger partial charge in [0.25, 0.3) is 0 Å². The fraction of sp³-hybridized carbons (Fsp3) is 0.333. The number of nitrogens with zero attached hydrogens (tertiary/aromatic N) is 1. The average molecular weight is 421 g/mol. The van der Waals surface area contributed by atoms with Gasteiger partial charge in [0, 0.05) is 13.1 Å². The van der Waals surface area contributed by atoms with Crippen LogP contribution >= 0.6 is 12.2 Å². The fourth-order valence-corrected chi connectivity index (χ4v) is 3.55. The van der Waals surface area contributed by atoms with Crippen LogP contribution in [-0.2, 0) is 17.4 Å². The van der Waals surface area contributed by atoms with Gasteiger partial charge < -0.3 is 15.5 Å². The third-order valence-electron chi connectivity index (χ3n) is 4.73. The summed E-state index contributed by atoms with van der Waals surface area (Å²) in [6.45, 7) is 1.54. The summed E-state index contributed by atoms with van der Waals surface area (Å²) in [7, 11) is 0. The van der Waals surface area contributed by atoms with Crippen molar-refractivity contribution in [2.45, 2.75) is 31.9 Å². The van der Waals surface area contributed by atoms with E-state index in [0.29, 0.717) is 5.69 Å². The summed E-state index contributed by atoms with van der Waals surface area (Å²) in [5.74, 6) is -0.333. The minimum absolute atomic E-state index is 0.0245. The summed E-state index contributed by atoms with van der Waals surface area (Å²) in [6, 6.07) is 12.7. The second-order valence-electron chi connectivity index (χ2n) is 6.94. The highest BCUT2D eigenvalue weighted by molar-refractivity contribution is 7.80. The monoisotopic (exact) mass is 421 g/mol. The fourth-order valence-electron chi connectivity index (χ4n) is 3.33. The largest absolute Gasteiger partial charge is 0.416 e. The molecule has 0 aromatic heterocycles. The molecule has 0 aliphatic carbocycles. The van der Waals surface area contributed by atoms with E-state index in [1.807, 2.05) is 35.2 Å². The molecule has 0 radical (unpaired) electrons. The zero-order chi connectivity index (χ0) is 20.9. The molecule has 2 aromatic carbocycles. The average Bonchev–Trinajstić information content (AvgIpc) is 2.68. The van der Waals surface area contributed by atoms with E-state index >= 15 is 0 Å². The number of carbonyl (C=O) groups excluding carboxylic acids is 1. The molecule has 1 amide bonds. The molecule has 2 aromatic rings. The van der Waals surface area contributed by atoms with Crippen molar-refractivity contribution in [3.8, 4) is 0 Å². The van der Waals surface area contributed by atoms with Crippen LogP contribution in [0.5, 0.6) is 0 Å². The van der Waals surface area contributed by atoms with E-state index in [0.717, 1.165) is 50.0 Å². The van der Waals surface area contributed by atoms with Gasteiger partial charge in [-0.15, -0.1) is 0 Å². The molecule has 0 unspecified atom stereocenters. The van der Waals surface area contributed by atoms with Crippen LogP contribution in [-0.4, -0.2) is 24.1 Å². The van der Waals surface area contributed by atoms with Crippen molar-refractivity contribution in [3.05, 3.63) is 59.7 Å². The van der Waals surface area contributed by atoms with Gasteiger partial charge in [0.2, 0.25) is 5.91 Å². The van der Waals surface area contributed by atoms with Gasteiger partial charge in [-0.25, -0.2) is 0 Å². The van der Waals surface area contributed by atoms with E-state index in [9.17, 15) is 18.0 Å². The number of alkyl halides is 3. The molecule has 0 saturated carbocycles. The molecular formula is C21H22F3N3OS. The number of thiocarbonyl (C=S) groups is 1. The molecule has 4 nitrogen and oxygen atoms in total. The number of hydrogen-bond donors (Lipinski definition) is 2. The van der Waals surface area contributed by atoms with Gasteiger partial charge in [-0.3, -0.25) is 4.79 Å². The maximum Gasteiger partial charge on any atom is 0.416 e. The Kier molecular flexibility index (Phi) is 6.74. The Morgan fingerprint density at radius 3 is 2.38 bits per heavy atom. The minimum atomic E-state index is -4.46. The van der Waals surface area contributed by atoms with Gasteiger partial charge in [0.1, 0.15) is 0 Å². The lowest BCUT2D eigenvalue weighted by molar-refractivity contribution is -0.137. The molecule has 3 rings (SSSR count). The highest BCUT2D eigenvalue weighted by Gasteiger charge is 2.31. The van der Waals surface area contributed by atoms with Crippen LogP contribution in [0.25, 0.3) is 0 Å². The van der Waals surface area contributed by atoms with E-state index < -0.39 is 11.7 Å². The number of amides is 1.